The van der Waals surface area contributed by atoms with E-state index in [-0.39, 0.29) is 36.6 Å². The molecule has 0 bridgehead atoms. The molecule has 9 heteroatoms. The van der Waals surface area contributed by atoms with E-state index in [1.54, 1.807) is 18.7 Å². The van der Waals surface area contributed by atoms with Crippen molar-refractivity contribution in [1.82, 2.24) is 15.2 Å². The van der Waals surface area contributed by atoms with Crippen LogP contribution in [0.1, 0.15) is 30.5 Å². The fourth-order valence-corrected chi connectivity index (χ4v) is 4.05. The summed E-state index contributed by atoms with van der Waals surface area (Å²) in [6.07, 6.45) is 3.04. The second kappa shape index (κ2) is 10.5. The molecule has 0 saturated carbocycles. The van der Waals surface area contributed by atoms with Gasteiger partial charge in [0.15, 0.2) is 0 Å². The van der Waals surface area contributed by atoms with Crippen LogP contribution in [0.4, 0.5) is 5.69 Å². The second-order valence-electron chi connectivity index (χ2n) is 8.85. The molecule has 2 amide bonds. The third kappa shape index (κ3) is 5.79. The van der Waals surface area contributed by atoms with E-state index in [9.17, 15) is 9.59 Å². The van der Waals surface area contributed by atoms with Crippen molar-refractivity contribution in [3.05, 3.63) is 65.4 Å². The SMILES string of the molecule is CC(C)(N)C(=O)N[C@H](Cc1c[nH]c2ccccc12)C(=O)N1CCc2ccc(N)cc2C1.Cl.Cl. The van der Waals surface area contributed by atoms with Gasteiger partial charge in [-0.2, -0.15) is 0 Å². The van der Waals surface area contributed by atoms with E-state index in [0.717, 1.165) is 28.5 Å². The Kier molecular flexibility index (Phi) is 8.41. The fourth-order valence-electron chi connectivity index (χ4n) is 4.05. The molecular formula is C24H31Cl2N5O2. The number of nitrogens with zero attached hydrogens (tertiary/aromatic N) is 1. The minimum atomic E-state index is -1.08. The highest BCUT2D eigenvalue weighted by atomic mass is 35.5. The van der Waals surface area contributed by atoms with Gasteiger partial charge in [-0.1, -0.05) is 24.3 Å². The molecule has 178 valence electrons. The number of carbonyl (C=O) groups is 2. The Labute approximate surface area is 206 Å². The molecule has 33 heavy (non-hydrogen) atoms. The summed E-state index contributed by atoms with van der Waals surface area (Å²) >= 11 is 0. The number of anilines is 1. The summed E-state index contributed by atoms with van der Waals surface area (Å²) < 4.78 is 0. The van der Waals surface area contributed by atoms with E-state index < -0.39 is 11.6 Å². The topological polar surface area (TPSA) is 117 Å². The summed E-state index contributed by atoms with van der Waals surface area (Å²) in [6.45, 7) is 4.35. The third-order valence-electron chi connectivity index (χ3n) is 5.84. The molecule has 0 radical (unpaired) electrons. The molecule has 0 spiro atoms. The predicted molar refractivity (Wildman–Crippen MR) is 137 cm³/mol. The quantitative estimate of drug-likeness (QED) is 0.410. The summed E-state index contributed by atoms with van der Waals surface area (Å²) in [7, 11) is 0. The molecule has 3 aromatic rings. The van der Waals surface area contributed by atoms with Crippen molar-refractivity contribution in [3.8, 4) is 0 Å². The van der Waals surface area contributed by atoms with Gasteiger partial charge in [0.1, 0.15) is 6.04 Å². The second-order valence-corrected chi connectivity index (χ2v) is 8.85. The molecule has 0 saturated heterocycles. The molecule has 6 N–H and O–H groups in total. The molecule has 2 aromatic carbocycles. The first kappa shape index (κ1) is 26.5. The van der Waals surface area contributed by atoms with Crippen LogP contribution in [0.3, 0.4) is 0 Å². The Morgan fingerprint density at radius 1 is 1.15 bits per heavy atom. The third-order valence-corrected chi connectivity index (χ3v) is 5.84. The van der Waals surface area contributed by atoms with E-state index in [2.05, 4.69) is 10.3 Å². The van der Waals surface area contributed by atoms with Crippen LogP contribution in [0, 0.1) is 0 Å². The van der Waals surface area contributed by atoms with E-state index in [0.29, 0.717) is 25.2 Å². The number of nitrogens with two attached hydrogens (primary N) is 2. The van der Waals surface area contributed by atoms with Crippen molar-refractivity contribution in [2.45, 2.75) is 44.8 Å². The lowest BCUT2D eigenvalue weighted by Crippen LogP contribution is -2.57. The fraction of sp³-hybridized carbons (Fsp3) is 0.333. The molecule has 1 aliphatic rings. The van der Waals surface area contributed by atoms with E-state index >= 15 is 0 Å². The van der Waals surface area contributed by atoms with Gasteiger partial charge in [0, 0.05) is 42.3 Å². The number of amides is 2. The van der Waals surface area contributed by atoms with Crippen LogP contribution in [0.25, 0.3) is 10.9 Å². The molecule has 1 aromatic heterocycles. The first-order valence-electron chi connectivity index (χ1n) is 10.5. The maximum Gasteiger partial charge on any atom is 0.245 e. The van der Waals surface area contributed by atoms with Gasteiger partial charge in [-0.3, -0.25) is 9.59 Å². The van der Waals surface area contributed by atoms with Crippen molar-refractivity contribution in [2.24, 2.45) is 5.73 Å². The van der Waals surface area contributed by atoms with Gasteiger partial charge < -0.3 is 26.7 Å². The predicted octanol–water partition coefficient (Wildman–Crippen LogP) is 2.94. The number of hydrogen-bond donors (Lipinski definition) is 4. The van der Waals surface area contributed by atoms with Crippen LogP contribution in [-0.2, 0) is 29.0 Å². The van der Waals surface area contributed by atoms with E-state index in [4.69, 9.17) is 11.5 Å². The Bertz CT molecular complexity index is 1140. The standard InChI is InChI=1S/C24H29N5O2.2ClH/c1-24(2,26)23(31)28-21(12-16-13-27-20-6-4-3-5-19(16)20)22(30)29-10-9-15-7-8-18(25)11-17(15)14-29;;/h3-8,11,13,21,27H,9-10,12,14,25-26H2,1-2H3,(H,28,31);2*1H/t21-;;/m1../s1. The van der Waals surface area contributed by atoms with Crippen molar-refractivity contribution in [1.29, 1.82) is 0 Å². The van der Waals surface area contributed by atoms with E-state index in [1.165, 1.54) is 5.56 Å². The monoisotopic (exact) mass is 491 g/mol. The average molecular weight is 492 g/mol. The molecular weight excluding hydrogens is 461 g/mol. The van der Waals surface area contributed by atoms with Gasteiger partial charge in [-0.15, -0.1) is 24.8 Å². The number of nitrogens with one attached hydrogen (secondary N) is 2. The lowest BCUT2D eigenvalue weighted by Gasteiger charge is -2.33. The number of aromatic amines is 1. The lowest BCUT2D eigenvalue weighted by molar-refractivity contribution is -0.138. The molecule has 0 fully saturated rings. The Balaban J connectivity index is 0.00000193. The van der Waals surface area contributed by atoms with Crippen molar-refractivity contribution >= 4 is 53.2 Å². The molecule has 1 aliphatic heterocycles. The lowest BCUT2D eigenvalue weighted by atomic mass is 9.97. The first-order chi connectivity index (χ1) is 14.7. The summed E-state index contributed by atoms with van der Waals surface area (Å²) in [6, 6.07) is 13.0. The zero-order valence-corrected chi connectivity index (χ0v) is 20.4. The minimum Gasteiger partial charge on any atom is -0.399 e. The molecule has 4 rings (SSSR count). The highest BCUT2D eigenvalue weighted by Crippen LogP contribution is 2.24. The van der Waals surface area contributed by atoms with Gasteiger partial charge in [0.25, 0.3) is 0 Å². The van der Waals surface area contributed by atoms with Crippen LogP contribution in [-0.4, -0.2) is 39.8 Å². The number of aromatic nitrogens is 1. The Morgan fingerprint density at radius 2 is 1.88 bits per heavy atom. The minimum absolute atomic E-state index is 0. The Morgan fingerprint density at radius 3 is 2.61 bits per heavy atom. The Hall–Kier alpha value is -2.74. The number of para-hydroxylation sites is 1. The largest absolute Gasteiger partial charge is 0.399 e. The highest BCUT2D eigenvalue weighted by Gasteiger charge is 2.32. The average Bonchev–Trinajstić information content (AvgIpc) is 3.14. The number of hydrogen-bond acceptors (Lipinski definition) is 4. The number of fused-ring (bicyclic) bond motifs is 2. The zero-order valence-electron chi connectivity index (χ0n) is 18.8. The van der Waals surface area contributed by atoms with Crippen LogP contribution < -0.4 is 16.8 Å². The number of carbonyl (C=O) groups excluding carboxylic acids is 2. The maximum atomic E-state index is 13.5. The smallest absolute Gasteiger partial charge is 0.245 e. The van der Waals surface area contributed by atoms with Gasteiger partial charge in [0.05, 0.1) is 5.54 Å². The van der Waals surface area contributed by atoms with Gasteiger partial charge >= 0.3 is 0 Å². The summed E-state index contributed by atoms with van der Waals surface area (Å²) in [4.78, 5) is 31.2. The van der Waals surface area contributed by atoms with Gasteiger partial charge in [-0.25, -0.2) is 0 Å². The van der Waals surface area contributed by atoms with Crippen LogP contribution in [0.2, 0.25) is 0 Å². The van der Waals surface area contributed by atoms with Crippen LogP contribution in [0.5, 0.6) is 0 Å². The van der Waals surface area contributed by atoms with Crippen molar-refractivity contribution < 1.29 is 9.59 Å². The molecule has 0 aliphatic carbocycles. The van der Waals surface area contributed by atoms with E-state index in [1.807, 2.05) is 48.7 Å². The normalized spacial score (nSPS) is 14.0. The van der Waals surface area contributed by atoms with Crippen LogP contribution >= 0.6 is 24.8 Å². The zero-order chi connectivity index (χ0) is 22.2. The molecule has 0 unspecified atom stereocenters. The maximum absolute atomic E-state index is 13.5. The number of rotatable bonds is 5. The van der Waals surface area contributed by atoms with Crippen LogP contribution in [0.15, 0.2) is 48.7 Å². The summed E-state index contributed by atoms with van der Waals surface area (Å²) in [5.41, 5.74) is 15.8. The molecule has 7 nitrogen and oxygen atoms in total. The number of nitrogen functional groups attached to an aromatic ring is 1. The first-order valence-corrected chi connectivity index (χ1v) is 10.5. The molecule has 2 heterocycles. The van der Waals surface area contributed by atoms with Gasteiger partial charge in [0.2, 0.25) is 11.8 Å². The number of benzene rings is 2. The van der Waals surface area contributed by atoms with Crippen molar-refractivity contribution in [3.63, 3.8) is 0 Å². The van der Waals surface area contributed by atoms with Gasteiger partial charge in [-0.05, 0) is 55.2 Å². The molecule has 1 atom stereocenters. The highest BCUT2D eigenvalue weighted by molar-refractivity contribution is 5.92. The number of H-pyrrole nitrogens is 1. The summed E-state index contributed by atoms with van der Waals surface area (Å²) in [5.74, 6) is -0.469. The van der Waals surface area contributed by atoms with Crippen molar-refractivity contribution in [2.75, 3.05) is 12.3 Å². The summed E-state index contributed by atoms with van der Waals surface area (Å²) in [5, 5.41) is 3.94. The number of halogens is 2.